The molecule has 36 heavy (non-hydrogen) atoms. The number of benzene rings is 1. The second-order valence-electron chi connectivity index (χ2n) is 8.49. The van der Waals surface area contributed by atoms with Gasteiger partial charge in [-0.05, 0) is 37.1 Å². The van der Waals surface area contributed by atoms with Crippen LogP contribution in [0.15, 0.2) is 55.4 Å². The zero-order valence-corrected chi connectivity index (χ0v) is 20.2. The van der Waals surface area contributed by atoms with Crippen molar-refractivity contribution >= 4 is 29.2 Å². The summed E-state index contributed by atoms with van der Waals surface area (Å²) in [6.45, 7) is 3.91. The molecule has 0 spiro atoms. The Kier molecular flexibility index (Phi) is 8.22. The lowest BCUT2D eigenvalue weighted by Crippen LogP contribution is -2.42. The van der Waals surface area contributed by atoms with E-state index < -0.39 is 0 Å². The molecule has 1 aliphatic heterocycles. The highest BCUT2D eigenvalue weighted by atomic mass is 16.2. The Morgan fingerprint density at radius 1 is 1.00 bits per heavy atom. The van der Waals surface area contributed by atoms with Crippen molar-refractivity contribution in [2.45, 2.75) is 26.2 Å². The smallest absolute Gasteiger partial charge is 0.251 e. The van der Waals surface area contributed by atoms with E-state index in [1.165, 1.54) is 6.33 Å². The van der Waals surface area contributed by atoms with Crippen LogP contribution < -0.4 is 20.9 Å². The van der Waals surface area contributed by atoms with Crippen molar-refractivity contribution in [1.29, 1.82) is 0 Å². The molecule has 1 saturated heterocycles. The van der Waals surface area contributed by atoms with Gasteiger partial charge in [0.05, 0.1) is 0 Å². The van der Waals surface area contributed by atoms with E-state index >= 15 is 0 Å². The minimum atomic E-state index is -0.231. The fourth-order valence-electron chi connectivity index (χ4n) is 3.98. The van der Waals surface area contributed by atoms with Crippen LogP contribution in [0.25, 0.3) is 5.82 Å². The van der Waals surface area contributed by atoms with Crippen LogP contribution in [0.3, 0.4) is 0 Å². The predicted molar refractivity (Wildman–Crippen MR) is 135 cm³/mol. The molecule has 0 unspecified atom stereocenters. The quantitative estimate of drug-likeness (QED) is 0.389. The monoisotopic (exact) mass is 490 g/mol. The third-order valence-electron chi connectivity index (χ3n) is 6.06. The zero-order chi connectivity index (χ0) is 25.3. The molecule has 3 heterocycles. The lowest BCUT2D eigenvalue weighted by atomic mass is 9.96. The molecule has 0 aliphatic carbocycles. The molecule has 0 radical (unpaired) electrons. The second kappa shape index (κ2) is 11.9. The summed E-state index contributed by atoms with van der Waals surface area (Å²) in [5.41, 5.74) is 1.14. The van der Waals surface area contributed by atoms with Gasteiger partial charge in [-0.3, -0.25) is 19.0 Å². The van der Waals surface area contributed by atoms with Gasteiger partial charge in [0.2, 0.25) is 11.8 Å². The zero-order valence-electron chi connectivity index (χ0n) is 20.2. The summed E-state index contributed by atoms with van der Waals surface area (Å²) in [7, 11) is 0. The van der Waals surface area contributed by atoms with E-state index in [1.807, 2.05) is 16.8 Å². The summed E-state index contributed by atoms with van der Waals surface area (Å²) < 4.78 is 1.83. The fraction of sp³-hybridized carbons (Fsp3) is 0.360. The number of amides is 3. The first-order chi connectivity index (χ1) is 17.5. The largest absolute Gasteiger partial charge is 0.356 e. The van der Waals surface area contributed by atoms with E-state index in [0.717, 1.165) is 37.6 Å². The molecule has 3 amide bonds. The lowest BCUT2D eigenvalue weighted by Gasteiger charge is -2.32. The summed E-state index contributed by atoms with van der Waals surface area (Å²) >= 11 is 0. The van der Waals surface area contributed by atoms with E-state index in [-0.39, 0.29) is 23.6 Å². The number of piperidine rings is 1. The van der Waals surface area contributed by atoms with Crippen LogP contribution in [0.1, 0.15) is 36.5 Å². The van der Waals surface area contributed by atoms with Gasteiger partial charge < -0.3 is 20.9 Å². The van der Waals surface area contributed by atoms with Gasteiger partial charge in [0, 0.05) is 68.2 Å². The Morgan fingerprint density at radius 3 is 2.42 bits per heavy atom. The minimum Gasteiger partial charge on any atom is -0.356 e. The number of nitrogens with one attached hydrogen (secondary N) is 3. The number of imidazole rings is 1. The van der Waals surface area contributed by atoms with Crippen LogP contribution >= 0.6 is 0 Å². The average Bonchev–Trinajstić information content (AvgIpc) is 3.47. The third-order valence-corrected chi connectivity index (χ3v) is 6.06. The number of nitrogens with zero attached hydrogens (tertiary/aromatic N) is 5. The first-order valence-corrected chi connectivity index (χ1v) is 12.0. The van der Waals surface area contributed by atoms with Crippen molar-refractivity contribution < 1.29 is 14.4 Å². The molecule has 3 aromatic rings. The molecule has 1 fully saturated rings. The second-order valence-corrected chi connectivity index (χ2v) is 8.49. The molecule has 3 N–H and O–H groups in total. The van der Waals surface area contributed by atoms with Gasteiger partial charge in [-0.15, -0.1) is 0 Å². The number of aromatic nitrogens is 4. The van der Waals surface area contributed by atoms with Gasteiger partial charge in [0.25, 0.3) is 5.91 Å². The Labute approximate surface area is 209 Å². The van der Waals surface area contributed by atoms with Gasteiger partial charge in [0.15, 0.2) is 0 Å². The molecule has 4 rings (SSSR count). The molecule has 11 heteroatoms. The number of hydrogen-bond donors (Lipinski definition) is 3. The molecule has 1 aliphatic rings. The van der Waals surface area contributed by atoms with Crippen LogP contribution in [0.5, 0.6) is 0 Å². The Morgan fingerprint density at radius 2 is 1.72 bits per heavy atom. The molecular formula is C25H30N8O3. The predicted octanol–water partition coefficient (Wildman–Crippen LogP) is 1.77. The summed E-state index contributed by atoms with van der Waals surface area (Å²) in [6.07, 6.45) is 8.60. The maximum Gasteiger partial charge on any atom is 0.251 e. The van der Waals surface area contributed by atoms with Gasteiger partial charge >= 0.3 is 0 Å². The molecule has 0 atom stereocenters. The highest BCUT2D eigenvalue weighted by Gasteiger charge is 2.25. The summed E-state index contributed by atoms with van der Waals surface area (Å²) in [5.74, 6) is 1.20. The molecular weight excluding hydrogens is 460 g/mol. The van der Waals surface area contributed by atoms with Crippen molar-refractivity contribution in [2.24, 2.45) is 5.92 Å². The fourth-order valence-corrected chi connectivity index (χ4v) is 3.98. The van der Waals surface area contributed by atoms with E-state index in [4.69, 9.17) is 0 Å². The summed E-state index contributed by atoms with van der Waals surface area (Å²) in [5, 5.41) is 8.47. The molecule has 1 aromatic carbocycles. The number of hydrogen-bond acceptors (Lipinski definition) is 7. The topological polar surface area (TPSA) is 134 Å². The molecule has 0 bridgehead atoms. The molecule has 0 saturated carbocycles. The normalized spacial score (nSPS) is 13.8. The maximum absolute atomic E-state index is 12.6. The SMILES string of the molecule is CCC(=O)Nc1ccc(C(=O)NCCNC(=O)C2CCN(c3cc(-n4ccnc4)ncn3)CC2)cc1. The van der Waals surface area contributed by atoms with Crippen LogP contribution in [0.2, 0.25) is 0 Å². The van der Waals surface area contributed by atoms with Crippen LogP contribution in [0.4, 0.5) is 11.5 Å². The van der Waals surface area contributed by atoms with Gasteiger partial charge in [-0.25, -0.2) is 15.0 Å². The van der Waals surface area contributed by atoms with E-state index in [0.29, 0.717) is 30.8 Å². The molecule has 2 aromatic heterocycles. The van der Waals surface area contributed by atoms with E-state index in [2.05, 4.69) is 35.8 Å². The molecule has 188 valence electrons. The number of carbonyl (C=O) groups is 3. The summed E-state index contributed by atoms with van der Waals surface area (Å²) in [6, 6.07) is 8.61. The van der Waals surface area contributed by atoms with Gasteiger partial charge in [-0.2, -0.15) is 0 Å². The van der Waals surface area contributed by atoms with Crippen molar-refractivity contribution in [3.63, 3.8) is 0 Å². The summed E-state index contributed by atoms with van der Waals surface area (Å²) in [4.78, 5) is 51.2. The Balaban J connectivity index is 1.17. The minimum absolute atomic E-state index is 0.00158. The Bertz CT molecular complexity index is 1170. The third kappa shape index (κ3) is 6.44. The van der Waals surface area contributed by atoms with Crippen LogP contribution in [0, 0.1) is 5.92 Å². The van der Waals surface area contributed by atoms with Crippen molar-refractivity contribution in [3.8, 4) is 5.82 Å². The Hall–Kier alpha value is -4.28. The highest BCUT2D eigenvalue weighted by molar-refractivity contribution is 5.95. The average molecular weight is 491 g/mol. The number of rotatable bonds is 9. The maximum atomic E-state index is 12.6. The van der Waals surface area contributed by atoms with Crippen LogP contribution in [-0.2, 0) is 9.59 Å². The number of anilines is 2. The number of carbonyl (C=O) groups excluding carboxylic acids is 3. The van der Waals surface area contributed by atoms with Crippen molar-refractivity contribution in [2.75, 3.05) is 36.4 Å². The van der Waals surface area contributed by atoms with Crippen molar-refractivity contribution in [1.82, 2.24) is 30.2 Å². The van der Waals surface area contributed by atoms with Gasteiger partial charge in [0.1, 0.15) is 24.3 Å². The van der Waals surface area contributed by atoms with Crippen LogP contribution in [-0.4, -0.2) is 63.4 Å². The standard InChI is InChI=1S/C25H30N8O3/c1-2-23(34)31-20-5-3-18(4-6-20)24(35)27-9-10-28-25(36)19-7-12-32(13-8-19)21-15-22(30-16-29-21)33-14-11-26-17-33/h3-6,11,14-17,19H,2,7-10,12-13H2,1H3,(H,27,35)(H,28,36)(H,31,34). The first-order valence-electron chi connectivity index (χ1n) is 12.0. The van der Waals surface area contributed by atoms with Crippen molar-refractivity contribution in [3.05, 3.63) is 60.9 Å². The van der Waals surface area contributed by atoms with E-state index in [9.17, 15) is 14.4 Å². The van der Waals surface area contributed by atoms with Gasteiger partial charge in [-0.1, -0.05) is 6.92 Å². The van der Waals surface area contributed by atoms with E-state index in [1.54, 1.807) is 43.7 Å². The first kappa shape index (κ1) is 24.8. The lowest BCUT2D eigenvalue weighted by molar-refractivity contribution is -0.125. The molecule has 11 nitrogen and oxygen atoms in total. The highest BCUT2D eigenvalue weighted by Crippen LogP contribution is 2.22.